The molecule has 1 aliphatic rings. The number of pyridine rings is 1. The van der Waals surface area contributed by atoms with Crippen LogP contribution in [0.1, 0.15) is 58.7 Å². The van der Waals surface area contributed by atoms with Gasteiger partial charge in [0.1, 0.15) is 5.82 Å². The average molecular weight is 442 g/mol. The Morgan fingerprint density at radius 2 is 1.71 bits per heavy atom. The number of aromatic nitrogens is 3. The monoisotopic (exact) mass is 441 g/mol. The maximum absolute atomic E-state index is 13.2. The molecule has 3 aromatic rings. The van der Waals surface area contributed by atoms with Gasteiger partial charge in [-0.25, -0.2) is 13.4 Å². The molecule has 166 valence electrons. The van der Waals surface area contributed by atoms with Crippen molar-refractivity contribution in [2.24, 2.45) is 13.0 Å². The quantitative estimate of drug-likeness (QED) is 0.600. The summed E-state index contributed by atoms with van der Waals surface area (Å²) in [6, 6.07) is 7.86. The molecule has 1 aromatic carbocycles. The van der Waals surface area contributed by atoms with E-state index < -0.39 is 9.84 Å². The van der Waals surface area contributed by atoms with Crippen LogP contribution in [-0.4, -0.2) is 22.5 Å². The Morgan fingerprint density at radius 3 is 2.35 bits per heavy atom. The molecule has 0 N–H and O–H groups in total. The van der Waals surface area contributed by atoms with Crippen LogP contribution in [0.4, 0.5) is 0 Å². The van der Waals surface area contributed by atoms with Crippen molar-refractivity contribution in [2.45, 2.75) is 74.6 Å². The van der Waals surface area contributed by atoms with Crippen molar-refractivity contribution in [3.05, 3.63) is 52.7 Å². The second-order valence-electron chi connectivity index (χ2n) is 9.77. The number of nitrogens with zero attached hydrogens (tertiary/aromatic N) is 3. The lowest BCUT2D eigenvalue weighted by Crippen LogP contribution is -2.22. The lowest BCUT2D eigenvalue weighted by atomic mass is 9.88. The van der Waals surface area contributed by atoms with Gasteiger partial charge < -0.3 is 9.13 Å². The van der Waals surface area contributed by atoms with Crippen LogP contribution in [0, 0.1) is 5.92 Å². The molecule has 7 heteroatoms. The van der Waals surface area contributed by atoms with Gasteiger partial charge in [-0.3, -0.25) is 4.79 Å². The fourth-order valence-electron chi connectivity index (χ4n) is 4.53. The highest BCUT2D eigenvalue weighted by atomic mass is 32.2. The third-order valence-electron chi connectivity index (χ3n) is 6.24. The van der Waals surface area contributed by atoms with E-state index in [1.807, 2.05) is 6.07 Å². The van der Waals surface area contributed by atoms with Gasteiger partial charge in [0.15, 0.2) is 0 Å². The standard InChI is InChI=1S/C24H31N3O3S/c1-24(2,3)23-25-20-14-18(31(29,30)19-11-13-22(28)26(4)16-19)10-12-21(20)27(23)15-17-8-6-5-7-9-17/h10-14,16-17H,5-9,15H2,1-4H3. The van der Waals surface area contributed by atoms with E-state index in [4.69, 9.17) is 4.98 Å². The van der Waals surface area contributed by atoms with Crippen molar-refractivity contribution in [2.75, 3.05) is 0 Å². The Labute approximate surface area is 183 Å². The molecular formula is C24H31N3O3S. The molecule has 0 atom stereocenters. The summed E-state index contributed by atoms with van der Waals surface area (Å²) in [6.07, 6.45) is 7.73. The molecule has 0 aliphatic heterocycles. The Morgan fingerprint density at radius 1 is 1.03 bits per heavy atom. The van der Waals surface area contributed by atoms with Gasteiger partial charge in [-0.15, -0.1) is 0 Å². The second kappa shape index (κ2) is 7.93. The van der Waals surface area contributed by atoms with Crippen molar-refractivity contribution in [3.63, 3.8) is 0 Å². The average Bonchev–Trinajstić information content (AvgIpc) is 3.09. The minimum absolute atomic E-state index is 0.103. The molecule has 2 aromatic heterocycles. The van der Waals surface area contributed by atoms with E-state index in [0.717, 1.165) is 17.9 Å². The van der Waals surface area contributed by atoms with E-state index >= 15 is 0 Å². The molecule has 1 aliphatic carbocycles. The first kappa shape index (κ1) is 21.8. The van der Waals surface area contributed by atoms with Crippen molar-refractivity contribution < 1.29 is 8.42 Å². The third-order valence-corrected chi connectivity index (χ3v) is 7.97. The zero-order valence-corrected chi connectivity index (χ0v) is 19.6. The molecule has 0 saturated heterocycles. The van der Waals surface area contributed by atoms with Crippen molar-refractivity contribution in [3.8, 4) is 0 Å². The van der Waals surface area contributed by atoms with Crippen LogP contribution in [0.2, 0.25) is 0 Å². The lowest BCUT2D eigenvalue weighted by Gasteiger charge is -2.26. The van der Waals surface area contributed by atoms with E-state index in [0.29, 0.717) is 11.4 Å². The first-order chi connectivity index (χ1) is 14.6. The maximum Gasteiger partial charge on any atom is 0.250 e. The van der Waals surface area contributed by atoms with Gasteiger partial charge in [-0.2, -0.15) is 0 Å². The number of sulfone groups is 1. The molecule has 4 rings (SSSR count). The molecule has 31 heavy (non-hydrogen) atoms. The van der Waals surface area contributed by atoms with E-state index in [1.54, 1.807) is 19.2 Å². The second-order valence-corrected chi connectivity index (χ2v) is 11.7. The fraction of sp³-hybridized carbons (Fsp3) is 0.500. The summed E-state index contributed by atoms with van der Waals surface area (Å²) in [4.78, 5) is 16.9. The fourth-order valence-corrected chi connectivity index (χ4v) is 5.86. The number of aryl methyl sites for hydroxylation is 1. The highest BCUT2D eigenvalue weighted by Crippen LogP contribution is 2.32. The van der Waals surface area contributed by atoms with Gasteiger partial charge in [-0.1, -0.05) is 40.0 Å². The van der Waals surface area contributed by atoms with Gasteiger partial charge in [0, 0.05) is 31.3 Å². The molecule has 0 spiro atoms. The van der Waals surface area contributed by atoms with Gasteiger partial charge in [0.2, 0.25) is 15.4 Å². The molecule has 0 bridgehead atoms. The summed E-state index contributed by atoms with van der Waals surface area (Å²) in [7, 11) is -2.20. The summed E-state index contributed by atoms with van der Waals surface area (Å²) in [6.45, 7) is 7.37. The van der Waals surface area contributed by atoms with Crippen molar-refractivity contribution in [1.29, 1.82) is 0 Å². The van der Waals surface area contributed by atoms with Gasteiger partial charge in [0.25, 0.3) is 0 Å². The lowest BCUT2D eigenvalue weighted by molar-refractivity contribution is 0.313. The number of benzene rings is 1. The van der Waals surface area contributed by atoms with Gasteiger partial charge in [0.05, 0.1) is 20.8 Å². The molecule has 6 nitrogen and oxygen atoms in total. The molecule has 2 heterocycles. The number of fused-ring (bicyclic) bond motifs is 1. The van der Waals surface area contributed by atoms with Crippen LogP contribution >= 0.6 is 0 Å². The summed E-state index contributed by atoms with van der Waals surface area (Å²) < 4.78 is 30.0. The predicted molar refractivity (Wildman–Crippen MR) is 122 cm³/mol. The third kappa shape index (κ3) is 4.20. The number of hydrogen-bond acceptors (Lipinski definition) is 4. The highest BCUT2D eigenvalue weighted by molar-refractivity contribution is 7.91. The largest absolute Gasteiger partial charge is 0.327 e. The van der Waals surface area contributed by atoms with Crippen LogP contribution in [0.25, 0.3) is 11.0 Å². The predicted octanol–water partition coefficient (Wildman–Crippen LogP) is 4.45. The molecule has 1 saturated carbocycles. The first-order valence-corrected chi connectivity index (χ1v) is 12.5. The topological polar surface area (TPSA) is 74.0 Å². The number of rotatable bonds is 4. The summed E-state index contributed by atoms with van der Waals surface area (Å²) in [5.74, 6) is 1.63. The Kier molecular flexibility index (Phi) is 5.58. The van der Waals surface area contributed by atoms with Gasteiger partial charge >= 0.3 is 0 Å². The van der Waals surface area contributed by atoms with E-state index in [9.17, 15) is 13.2 Å². The van der Waals surface area contributed by atoms with Crippen LogP contribution in [0.15, 0.2) is 51.1 Å². The Hall–Kier alpha value is -2.41. The zero-order chi connectivity index (χ0) is 22.4. The molecule has 0 radical (unpaired) electrons. The van der Waals surface area contributed by atoms with Crippen molar-refractivity contribution in [1.82, 2.24) is 14.1 Å². The summed E-state index contributed by atoms with van der Waals surface area (Å²) in [5.41, 5.74) is 1.29. The Bertz CT molecular complexity index is 1270. The normalized spacial score (nSPS) is 16.1. The smallest absolute Gasteiger partial charge is 0.250 e. The summed E-state index contributed by atoms with van der Waals surface area (Å²) >= 11 is 0. The SMILES string of the molecule is Cn1cc(S(=O)(=O)c2ccc3c(c2)nc(C(C)(C)C)n3CC2CCCCC2)ccc1=O. The highest BCUT2D eigenvalue weighted by Gasteiger charge is 2.27. The minimum atomic E-state index is -3.74. The van der Waals surface area contributed by atoms with E-state index in [1.165, 1.54) is 55.0 Å². The molecular weight excluding hydrogens is 410 g/mol. The molecule has 0 unspecified atom stereocenters. The molecule has 1 fully saturated rings. The number of hydrogen-bond donors (Lipinski definition) is 0. The Balaban J connectivity index is 1.80. The zero-order valence-electron chi connectivity index (χ0n) is 18.8. The van der Waals surface area contributed by atoms with Crippen LogP contribution in [0.3, 0.4) is 0 Å². The summed E-state index contributed by atoms with van der Waals surface area (Å²) in [5, 5.41) is 0. The molecule has 0 amide bonds. The van der Waals surface area contributed by atoms with Crippen LogP contribution < -0.4 is 5.56 Å². The number of imidazole rings is 1. The van der Waals surface area contributed by atoms with Crippen LogP contribution in [-0.2, 0) is 28.8 Å². The first-order valence-electron chi connectivity index (χ1n) is 11.0. The van der Waals surface area contributed by atoms with E-state index in [-0.39, 0.29) is 20.8 Å². The minimum Gasteiger partial charge on any atom is -0.327 e. The van der Waals surface area contributed by atoms with E-state index in [2.05, 4.69) is 25.3 Å². The van der Waals surface area contributed by atoms with Crippen LogP contribution in [0.5, 0.6) is 0 Å². The van der Waals surface area contributed by atoms with Crippen molar-refractivity contribution >= 4 is 20.9 Å². The maximum atomic E-state index is 13.2. The van der Waals surface area contributed by atoms with Gasteiger partial charge in [-0.05, 0) is 43.0 Å².